The van der Waals surface area contributed by atoms with Crippen LogP contribution in [0.15, 0.2) is 48.1 Å². The lowest BCUT2D eigenvalue weighted by molar-refractivity contribution is 0.709. The van der Waals surface area contributed by atoms with E-state index in [1.807, 2.05) is 37.0 Å². The van der Waals surface area contributed by atoms with E-state index in [1.165, 1.54) is 10.9 Å². The molecule has 0 radical (unpaired) electrons. The van der Waals surface area contributed by atoms with Gasteiger partial charge in [0.2, 0.25) is 0 Å². The molecular formula is C15H13ClN2S. The van der Waals surface area contributed by atoms with E-state index in [-0.39, 0.29) is 6.04 Å². The first-order valence-corrected chi connectivity index (χ1v) is 7.30. The lowest BCUT2D eigenvalue weighted by atomic mass is 9.99. The average Bonchev–Trinajstić information content (AvgIpc) is 2.86. The Morgan fingerprint density at radius 2 is 2.16 bits per heavy atom. The maximum Gasteiger partial charge on any atom is 0.0690 e. The Morgan fingerprint density at radius 3 is 2.89 bits per heavy atom. The first-order chi connectivity index (χ1) is 9.31. The number of nitrogens with one attached hydrogen (secondary N) is 1. The first kappa shape index (κ1) is 12.6. The van der Waals surface area contributed by atoms with Crippen molar-refractivity contribution in [3.05, 3.63) is 63.6 Å². The van der Waals surface area contributed by atoms with Gasteiger partial charge in [0.15, 0.2) is 0 Å². The highest BCUT2D eigenvalue weighted by molar-refractivity contribution is 7.10. The topological polar surface area (TPSA) is 24.9 Å². The molecule has 96 valence electrons. The molecule has 0 aliphatic carbocycles. The molecule has 2 aromatic heterocycles. The summed E-state index contributed by atoms with van der Waals surface area (Å²) in [6.45, 7) is 0. The maximum absolute atomic E-state index is 6.27. The third-order valence-electron chi connectivity index (χ3n) is 3.22. The van der Waals surface area contributed by atoms with Gasteiger partial charge in [0, 0.05) is 22.7 Å². The van der Waals surface area contributed by atoms with Crippen molar-refractivity contribution in [3.63, 3.8) is 0 Å². The standard InChI is InChI=1S/C15H13ClN2S/c1-17-14(15-13(16)6-8-19-15)11-4-2-3-10-5-7-18-9-12(10)11/h2-9,14,17H,1H3. The monoisotopic (exact) mass is 288 g/mol. The van der Waals surface area contributed by atoms with Gasteiger partial charge in [-0.25, -0.2) is 0 Å². The second-order valence-corrected chi connectivity index (χ2v) is 5.65. The summed E-state index contributed by atoms with van der Waals surface area (Å²) in [5.74, 6) is 0. The van der Waals surface area contributed by atoms with Crippen LogP contribution in [-0.2, 0) is 0 Å². The van der Waals surface area contributed by atoms with Crippen LogP contribution in [0, 0.1) is 0 Å². The average molecular weight is 289 g/mol. The van der Waals surface area contributed by atoms with Gasteiger partial charge in [-0.3, -0.25) is 4.98 Å². The lowest BCUT2D eigenvalue weighted by Gasteiger charge is -2.18. The molecule has 1 N–H and O–H groups in total. The van der Waals surface area contributed by atoms with Crippen molar-refractivity contribution >= 4 is 33.7 Å². The van der Waals surface area contributed by atoms with E-state index in [0.29, 0.717) is 0 Å². The number of aromatic nitrogens is 1. The number of thiophene rings is 1. The number of benzene rings is 1. The zero-order valence-electron chi connectivity index (χ0n) is 10.4. The van der Waals surface area contributed by atoms with Gasteiger partial charge < -0.3 is 5.32 Å². The normalized spacial score (nSPS) is 12.7. The number of pyridine rings is 1. The molecule has 2 heterocycles. The van der Waals surface area contributed by atoms with Gasteiger partial charge in [-0.1, -0.05) is 29.8 Å². The van der Waals surface area contributed by atoms with Crippen molar-refractivity contribution in [1.29, 1.82) is 0 Å². The van der Waals surface area contributed by atoms with Gasteiger partial charge >= 0.3 is 0 Å². The van der Waals surface area contributed by atoms with Crippen LogP contribution in [0.2, 0.25) is 5.02 Å². The Hall–Kier alpha value is -1.42. The smallest absolute Gasteiger partial charge is 0.0690 e. The summed E-state index contributed by atoms with van der Waals surface area (Å²) in [7, 11) is 1.95. The Bertz CT molecular complexity index is 703. The summed E-state index contributed by atoms with van der Waals surface area (Å²) in [6.07, 6.45) is 3.73. The number of rotatable bonds is 3. The van der Waals surface area contributed by atoms with E-state index >= 15 is 0 Å². The molecule has 0 aliphatic rings. The summed E-state index contributed by atoms with van der Waals surface area (Å²) in [5.41, 5.74) is 1.21. The van der Waals surface area contributed by atoms with Crippen LogP contribution in [0.4, 0.5) is 0 Å². The Balaban J connectivity index is 2.20. The van der Waals surface area contributed by atoms with Crippen molar-refractivity contribution in [3.8, 4) is 0 Å². The van der Waals surface area contributed by atoms with Crippen LogP contribution >= 0.6 is 22.9 Å². The fourth-order valence-corrected chi connectivity index (χ4v) is 3.62. The molecule has 0 spiro atoms. The summed E-state index contributed by atoms with van der Waals surface area (Å²) in [5, 5.41) is 8.54. The van der Waals surface area contributed by atoms with Gasteiger partial charge in [-0.2, -0.15) is 0 Å². The van der Waals surface area contributed by atoms with E-state index in [1.54, 1.807) is 11.3 Å². The van der Waals surface area contributed by atoms with Gasteiger partial charge in [0.05, 0.1) is 11.1 Å². The second-order valence-electron chi connectivity index (χ2n) is 4.30. The second kappa shape index (κ2) is 5.29. The van der Waals surface area contributed by atoms with Crippen molar-refractivity contribution in [2.24, 2.45) is 0 Å². The zero-order valence-corrected chi connectivity index (χ0v) is 12.0. The fourth-order valence-electron chi connectivity index (χ4n) is 2.33. The predicted octanol–water partition coefficient (Wildman–Crippen LogP) is 4.26. The quantitative estimate of drug-likeness (QED) is 0.779. The molecule has 1 unspecified atom stereocenters. The molecule has 19 heavy (non-hydrogen) atoms. The molecule has 2 nitrogen and oxygen atoms in total. The molecule has 0 fully saturated rings. The van der Waals surface area contributed by atoms with Crippen LogP contribution in [0.25, 0.3) is 10.8 Å². The van der Waals surface area contributed by atoms with E-state index in [2.05, 4.69) is 28.5 Å². The minimum Gasteiger partial charge on any atom is -0.309 e. The molecule has 4 heteroatoms. The Labute approximate surface area is 121 Å². The summed E-state index contributed by atoms with van der Waals surface area (Å²) in [6, 6.07) is 10.4. The highest BCUT2D eigenvalue weighted by Gasteiger charge is 2.18. The van der Waals surface area contributed by atoms with Crippen LogP contribution in [0.1, 0.15) is 16.5 Å². The minimum atomic E-state index is 0.0976. The van der Waals surface area contributed by atoms with Crippen molar-refractivity contribution < 1.29 is 0 Å². The number of hydrogen-bond donors (Lipinski definition) is 1. The number of fused-ring (bicyclic) bond motifs is 1. The maximum atomic E-state index is 6.27. The highest BCUT2D eigenvalue weighted by Crippen LogP contribution is 2.35. The number of hydrogen-bond acceptors (Lipinski definition) is 3. The van der Waals surface area contributed by atoms with Crippen LogP contribution in [0.3, 0.4) is 0 Å². The molecule has 1 aromatic carbocycles. The summed E-state index contributed by atoms with van der Waals surface area (Å²) >= 11 is 7.94. The molecule has 0 saturated heterocycles. The fraction of sp³-hybridized carbons (Fsp3) is 0.133. The van der Waals surface area contributed by atoms with E-state index < -0.39 is 0 Å². The molecular weight excluding hydrogens is 276 g/mol. The zero-order chi connectivity index (χ0) is 13.2. The summed E-state index contributed by atoms with van der Waals surface area (Å²) in [4.78, 5) is 5.38. The molecule has 3 rings (SSSR count). The van der Waals surface area contributed by atoms with E-state index in [4.69, 9.17) is 11.6 Å². The van der Waals surface area contributed by atoms with E-state index in [0.717, 1.165) is 15.3 Å². The lowest BCUT2D eigenvalue weighted by Crippen LogP contribution is -2.17. The van der Waals surface area contributed by atoms with Crippen molar-refractivity contribution in [2.75, 3.05) is 7.05 Å². The summed E-state index contributed by atoms with van der Waals surface area (Å²) < 4.78 is 0. The Morgan fingerprint density at radius 1 is 1.26 bits per heavy atom. The number of nitrogens with zero attached hydrogens (tertiary/aromatic N) is 1. The van der Waals surface area contributed by atoms with Crippen LogP contribution < -0.4 is 5.32 Å². The molecule has 1 atom stereocenters. The molecule has 0 saturated carbocycles. The van der Waals surface area contributed by atoms with Gasteiger partial charge in [-0.15, -0.1) is 11.3 Å². The first-order valence-electron chi connectivity index (χ1n) is 6.04. The van der Waals surface area contributed by atoms with Gasteiger partial charge in [0.25, 0.3) is 0 Å². The van der Waals surface area contributed by atoms with Gasteiger partial charge in [-0.05, 0) is 35.5 Å². The van der Waals surface area contributed by atoms with Crippen LogP contribution in [-0.4, -0.2) is 12.0 Å². The predicted molar refractivity (Wildman–Crippen MR) is 82.0 cm³/mol. The highest BCUT2D eigenvalue weighted by atomic mass is 35.5. The molecule has 0 bridgehead atoms. The molecule has 0 aliphatic heterocycles. The third kappa shape index (κ3) is 2.25. The van der Waals surface area contributed by atoms with Crippen LogP contribution in [0.5, 0.6) is 0 Å². The SMILES string of the molecule is CNC(c1sccc1Cl)c1cccc2ccncc12. The van der Waals surface area contributed by atoms with Crippen molar-refractivity contribution in [2.45, 2.75) is 6.04 Å². The largest absolute Gasteiger partial charge is 0.309 e. The third-order valence-corrected chi connectivity index (χ3v) is 4.65. The van der Waals surface area contributed by atoms with Crippen molar-refractivity contribution in [1.82, 2.24) is 10.3 Å². The number of halogens is 1. The molecule has 3 aromatic rings. The van der Waals surface area contributed by atoms with Gasteiger partial charge in [0.1, 0.15) is 0 Å². The molecule has 0 amide bonds. The Kier molecular flexibility index (Phi) is 3.51. The van der Waals surface area contributed by atoms with E-state index in [9.17, 15) is 0 Å². The minimum absolute atomic E-state index is 0.0976.